The number of hydroxylamine groups is 4. The van der Waals surface area contributed by atoms with Crippen molar-refractivity contribution in [1.82, 2.24) is 10.1 Å². The molecule has 0 radical (unpaired) electrons. The molecular formula is C14H16N2O8S2. The van der Waals surface area contributed by atoms with E-state index in [2.05, 4.69) is 9.68 Å². The minimum Gasteiger partial charge on any atom is -0.330 e. The highest BCUT2D eigenvalue weighted by Gasteiger charge is 2.46. The number of amides is 4. The molecular weight excluding hydrogens is 388 g/mol. The lowest BCUT2D eigenvalue weighted by atomic mass is 10.4. The summed E-state index contributed by atoms with van der Waals surface area (Å²) in [4.78, 5) is 79.7. The van der Waals surface area contributed by atoms with E-state index in [0.29, 0.717) is 10.1 Å². The Balaban J connectivity index is 1.91. The van der Waals surface area contributed by atoms with Crippen LogP contribution in [0.25, 0.3) is 0 Å². The number of hydrogen-bond donors (Lipinski definition) is 0. The molecule has 0 aromatic heterocycles. The molecule has 12 heteroatoms. The molecule has 4 amide bonds. The molecule has 26 heavy (non-hydrogen) atoms. The van der Waals surface area contributed by atoms with Crippen molar-refractivity contribution < 1.29 is 38.4 Å². The number of hydrogen-bond acceptors (Lipinski definition) is 10. The molecule has 0 N–H and O–H groups in total. The largest absolute Gasteiger partial charge is 0.332 e. The molecule has 0 spiro atoms. The van der Waals surface area contributed by atoms with Crippen LogP contribution in [0.2, 0.25) is 0 Å². The zero-order valence-corrected chi connectivity index (χ0v) is 15.6. The summed E-state index contributed by atoms with van der Waals surface area (Å²) in [6.45, 7) is 3.05. The molecule has 0 bridgehead atoms. The van der Waals surface area contributed by atoms with Gasteiger partial charge in [-0.2, -0.15) is 0 Å². The van der Waals surface area contributed by atoms with Gasteiger partial charge in [-0.15, -0.1) is 10.1 Å². The number of rotatable bonds is 7. The van der Waals surface area contributed by atoms with E-state index in [-0.39, 0.29) is 25.7 Å². The summed E-state index contributed by atoms with van der Waals surface area (Å²) < 4.78 is 0. The van der Waals surface area contributed by atoms with Crippen molar-refractivity contribution in [1.29, 1.82) is 0 Å². The van der Waals surface area contributed by atoms with Crippen LogP contribution in [-0.2, 0) is 38.4 Å². The lowest BCUT2D eigenvalue weighted by Gasteiger charge is -2.14. The second kappa shape index (κ2) is 8.54. The standard InChI is InChI=1S/C14H16N2O8S2/c1-3-11(19)23-15-9(17)5-7(13(15)21)25-26-8-6-10(18)16(14(8)22)24-12(20)4-2/h7-8H,3-6H2,1-2H3. The van der Waals surface area contributed by atoms with Crippen LogP contribution in [0.3, 0.4) is 0 Å². The van der Waals surface area contributed by atoms with Gasteiger partial charge >= 0.3 is 11.9 Å². The fourth-order valence-electron chi connectivity index (χ4n) is 1.97. The normalized spacial score (nSPS) is 23.0. The Hall–Kier alpha value is -2.08. The Bertz CT molecular complexity index is 611. The quantitative estimate of drug-likeness (QED) is 0.433. The molecule has 0 aromatic carbocycles. The van der Waals surface area contributed by atoms with Gasteiger partial charge in [-0.3, -0.25) is 19.2 Å². The third-order valence-electron chi connectivity index (χ3n) is 3.38. The van der Waals surface area contributed by atoms with E-state index in [9.17, 15) is 28.8 Å². The zero-order valence-electron chi connectivity index (χ0n) is 14.0. The molecule has 2 heterocycles. The van der Waals surface area contributed by atoms with Gasteiger partial charge < -0.3 is 9.68 Å². The van der Waals surface area contributed by atoms with E-state index in [0.717, 1.165) is 21.6 Å². The first kappa shape index (κ1) is 20.2. The first-order valence-corrected chi connectivity index (χ1v) is 10.0. The summed E-state index contributed by atoms with van der Waals surface area (Å²) in [5.41, 5.74) is 0. The average Bonchev–Trinajstić information content (AvgIpc) is 3.03. The first-order chi connectivity index (χ1) is 12.3. The summed E-state index contributed by atoms with van der Waals surface area (Å²) >= 11 is 0. The average molecular weight is 404 g/mol. The van der Waals surface area contributed by atoms with Gasteiger partial charge in [0.1, 0.15) is 10.5 Å². The maximum Gasteiger partial charge on any atom is 0.332 e. The van der Waals surface area contributed by atoms with Gasteiger partial charge in [-0.25, -0.2) is 9.59 Å². The van der Waals surface area contributed by atoms with E-state index in [1.54, 1.807) is 0 Å². The van der Waals surface area contributed by atoms with Gasteiger partial charge in [-0.1, -0.05) is 35.4 Å². The SMILES string of the molecule is CCC(=O)ON1C(=O)CC(SSC2CC(=O)N(OC(=O)CC)C2=O)C1=O. The minimum atomic E-state index is -0.840. The van der Waals surface area contributed by atoms with Crippen LogP contribution in [0, 0.1) is 0 Å². The van der Waals surface area contributed by atoms with Crippen LogP contribution in [0.5, 0.6) is 0 Å². The van der Waals surface area contributed by atoms with E-state index >= 15 is 0 Å². The van der Waals surface area contributed by atoms with Gasteiger partial charge in [0.2, 0.25) is 0 Å². The number of carbonyl (C=O) groups is 6. The minimum absolute atomic E-state index is 0.00855. The van der Waals surface area contributed by atoms with Crippen LogP contribution in [0.1, 0.15) is 39.5 Å². The fraction of sp³-hybridized carbons (Fsp3) is 0.571. The van der Waals surface area contributed by atoms with Gasteiger partial charge in [0.05, 0.1) is 12.8 Å². The number of carbonyl (C=O) groups excluding carboxylic acids is 6. The highest BCUT2D eigenvalue weighted by atomic mass is 33.1. The zero-order chi connectivity index (χ0) is 19.4. The van der Waals surface area contributed by atoms with Gasteiger partial charge in [0.25, 0.3) is 23.6 Å². The van der Waals surface area contributed by atoms with Crippen molar-refractivity contribution in [3.63, 3.8) is 0 Å². The lowest BCUT2D eigenvalue weighted by Crippen LogP contribution is -2.34. The molecule has 2 atom stereocenters. The number of nitrogens with zero attached hydrogens (tertiary/aromatic N) is 2. The molecule has 2 rings (SSSR count). The van der Waals surface area contributed by atoms with Crippen molar-refractivity contribution in [3.8, 4) is 0 Å². The molecule has 142 valence electrons. The third-order valence-corrected chi connectivity index (χ3v) is 6.42. The third kappa shape index (κ3) is 4.36. The van der Waals surface area contributed by atoms with Crippen LogP contribution in [-0.4, -0.2) is 56.2 Å². The lowest BCUT2D eigenvalue weighted by molar-refractivity contribution is -0.197. The Labute approximate surface area is 156 Å². The molecule has 10 nitrogen and oxygen atoms in total. The second-order valence-electron chi connectivity index (χ2n) is 5.26. The van der Waals surface area contributed by atoms with Gasteiger partial charge in [0, 0.05) is 12.8 Å². The van der Waals surface area contributed by atoms with Crippen molar-refractivity contribution >= 4 is 57.2 Å². The molecule has 0 aliphatic carbocycles. The Morgan fingerprint density at radius 1 is 0.846 bits per heavy atom. The van der Waals surface area contributed by atoms with Crippen LogP contribution >= 0.6 is 21.6 Å². The molecule has 2 fully saturated rings. The van der Waals surface area contributed by atoms with Crippen LogP contribution < -0.4 is 0 Å². The fourth-order valence-corrected chi connectivity index (χ4v) is 4.73. The molecule has 0 saturated carbocycles. The smallest absolute Gasteiger partial charge is 0.330 e. The monoisotopic (exact) mass is 404 g/mol. The van der Waals surface area contributed by atoms with Crippen molar-refractivity contribution in [3.05, 3.63) is 0 Å². The number of imide groups is 2. The van der Waals surface area contributed by atoms with Gasteiger partial charge in [0.15, 0.2) is 0 Å². The highest BCUT2D eigenvalue weighted by Crippen LogP contribution is 2.40. The molecule has 2 saturated heterocycles. The predicted octanol–water partition coefficient (Wildman–Crippen LogP) is 0.359. The molecule has 2 unspecified atom stereocenters. The summed E-state index contributed by atoms with van der Waals surface area (Å²) in [5.74, 6) is -4.12. The van der Waals surface area contributed by atoms with Crippen LogP contribution in [0.4, 0.5) is 0 Å². The van der Waals surface area contributed by atoms with Crippen LogP contribution in [0.15, 0.2) is 0 Å². The molecule has 0 aromatic rings. The summed E-state index contributed by atoms with van der Waals surface area (Å²) in [6.07, 6.45) is -0.350. The first-order valence-electron chi connectivity index (χ1n) is 7.75. The van der Waals surface area contributed by atoms with E-state index in [1.807, 2.05) is 0 Å². The van der Waals surface area contributed by atoms with E-state index < -0.39 is 46.1 Å². The second-order valence-corrected chi connectivity index (χ2v) is 7.94. The molecule has 2 aliphatic heterocycles. The molecule has 2 aliphatic rings. The topological polar surface area (TPSA) is 127 Å². The Morgan fingerprint density at radius 2 is 1.19 bits per heavy atom. The highest BCUT2D eigenvalue weighted by molar-refractivity contribution is 8.77. The van der Waals surface area contributed by atoms with Crippen molar-refractivity contribution in [2.45, 2.75) is 50.0 Å². The maximum atomic E-state index is 12.1. The van der Waals surface area contributed by atoms with Crippen molar-refractivity contribution in [2.75, 3.05) is 0 Å². The summed E-state index contributed by atoms with van der Waals surface area (Å²) in [7, 11) is 1.87. The van der Waals surface area contributed by atoms with Gasteiger partial charge in [-0.05, 0) is 0 Å². The Morgan fingerprint density at radius 3 is 1.50 bits per heavy atom. The maximum absolute atomic E-state index is 12.1. The summed E-state index contributed by atoms with van der Waals surface area (Å²) in [5, 5.41) is -0.818. The van der Waals surface area contributed by atoms with Crippen molar-refractivity contribution in [2.24, 2.45) is 0 Å². The summed E-state index contributed by atoms with van der Waals surface area (Å²) in [6, 6.07) is 0. The van der Waals surface area contributed by atoms with E-state index in [1.165, 1.54) is 13.8 Å². The van der Waals surface area contributed by atoms with E-state index in [4.69, 9.17) is 0 Å². The predicted molar refractivity (Wildman–Crippen MR) is 88.5 cm³/mol. The Kier molecular flexibility index (Phi) is 6.64.